The third kappa shape index (κ3) is 3.81. The molecular weight excluding hydrogens is 250 g/mol. The SMILES string of the molecule is OC(CNCc1ccccn1)c1cc(F)ccc1F. The minimum Gasteiger partial charge on any atom is -0.387 e. The summed E-state index contributed by atoms with van der Waals surface area (Å²) in [5, 5.41) is 12.8. The first-order valence-corrected chi connectivity index (χ1v) is 5.90. The highest BCUT2D eigenvalue weighted by Gasteiger charge is 2.13. The maximum Gasteiger partial charge on any atom is 0.129 e. The molecule has 0 bridgehead atoms. The summed E-state index contributed by atoms with van der Waals surface area (Å²) in [5.41, 5.74) is 0.767. The lowest BCUT2D eigenvalue weighted by Crippen LogP contribution is -2.22. The Bertz CT molecular complexity index is 534. The Morgan fingerprint density at radius 3 is 2.79 bits per heavy atom. The van der Waals surface area contributed by atoms with Crippen molar-refractivity contribution in [3.8, 4) is 0 Å². The summed E-state index contributed by atoms with van der Waals surface area (Å²) in [5.74, 6) is -1.19. The maximum atomic E-state index is 13.4. The van der Waals surface area contributed by atoms with Crippen LogP contribution in [0.4, 0.5) is 8.78 Å². The molecule has 0 radical (unpaired) electrons. The Hall–Kier alpha value is -1.85. The molecule has 0 amide bonds. The molecule has 2 N–H and O–H groups in total. The lowest BCUT2D eigenvalue weighted by molar-refractivity contribution is 0.169. The Morgan fingerprint density at radius 1 is 1.21 bits per heavy atom. The predicted molar refractivity (Wildman–Crippen MR) is 67.3 cm³/mol. The maximum absolute atomic E-state index is 13.4. The molecule has 2 aromatic rings. The highest BCUT2D eigenvalue weighted by Crippen LogP contribution is 2.17. The summed E-state index contributed by atoms with van der Waals surface area (Å²) in [7, 11) is 0. The molecule has 100 valence electrons. The van der Waals surface area contributed by atoms with Crippen LogP contribution in [0.25, 0.3) is 0 Å². The van der Waals surface area contributed by atoms with Gasteiger partial charge in [0.05, 0.1) is 11.8 Å². The third-order valence-corrected chi connectivity index (χ3v) is 2.69. The molecule has 1 atom stereocenters. The fraction of sp³-hybridized carbons (Fsp3) is 0.214. The number of hydrogen-bond acceptors (Lipinski definition) is 3. The van der Waals surface area contributed by atoms with Crippen LogP contribution in [-0.2, 0) is 6.54 Å². The number of benzene rings is 1. The van der Waals surface area contributed by atoms with E-state index >= 15 is 0 Å². The van der Waals surface area contributed by atoms with E-state index in [1.807, 2.05) is 12.1 Å². The van der Waals surface area contributed by atoms with Crippen LogP contribution in [0.3, 0.4) is 0 Å². The molecule has 19 heavy (non-hydrogen) atoms. The number of pyridine rings is 1. The monoisotopic (exact) mass is 264 g/mol. The van der Waals surface area contributed by atoms with E-state index in [2.05, 4.69) is 10.3 Å². The third-order valence-electron chi connectivity index (χ3n) is 2.69. The van der Waals surface area contributed by atoms with Crippen LogP contribution in [0.2, 0.25) is 0 Å². The van der Waals surface area contributed by atoms with Gasteiger partial charge in [0.1, 0.15) is 11.6 Å². The summed E-state index contributed by atoms with van der Waals surface area (Å²) < 4.78 is 26.4. The molecule has 0 fully saturated rings. The van der Waals surface area contributed by atoms with E-state index in [1.54, 1.807) is 12.3 Å². The molecule has 1 heterocycles. The lowest BCUT2D eigenvalue weighted by atomic mass is 10.1. The fourth-order valence-electron chi connectivity index (χ4n) is 1.72. The first kappa shape index (κ1) is 13.6. The molecule has 2 rings (SSSR count). The van der Waals surface area contributed by atoms with Crippen LogP contribution in [0.15, 0.2) is 42.6 Å². The molecule has 1 aromatic heterocycles. The van der Waals surface area contributed by atoms with E-state index in [4.69, 9.17) is 0 Å². The van der Waals surface area contributed by atoms with Crippen LogP contribution in [-0.4, -0.2) is 16.6 Å². The van der Waals surface area contributed by atoms with E-state index in [-0.39, 0.29) is 12.1 Å². The Balaban J connectivity index is 1.91. The zero-order valence-electron chi connectivity index (χ0n) is 10.2. The molecule has 0 aliphatic heterocycles. The normalized spacial score (nSPS) is 12.4. The second-order valence-corrected chi connectivity index (χ2v) is 4.13. The standard InChI is InChI=1S/C14H14F2N2O/c15-10-4-5-13(16)12(7-10)14(19)9-17-8-11-3-1-2-6-18-11/h1-7,14,17,19H,8-9H2. The minimum atomic E-state index is -1.10. The van der Waals surface area contributed by atoms with E-state index in [9.17, 15) is 13.9 Å². The smallest absolute Gasteiger partial charge is 0.129 e. The van der Waals surface area contributed by atoms with Gasteiger partial charge in [0.25, 0.3) is 0 Å². The Morgan fingerprint density at radius 2 is 2.05 bits per heavy atom. The van der Waals surface area contributed by atoms with Crippen molar-refractivity contribution in [2.75, 3.05) is 6.54 Å². The second kappa shape index (κ2) is 6.36. The quantitative estimate of drug-likeness (QED) is 0.870. The summed E-state index contributed by atoms with van der Waals surface area (Å²) in [6.07, 6.45) is 0.569. The highest BCUT2D eigenvalue weighted by atomic mass is 19.1. The Labute approximate surface area is 109 Å². The molecule has 0 saturated heterocycles. The number of rotatable bonds is 5. The van der Waals surface area contributed by atoms with Gasteiger partial charge in [0, 0.05) is 24.8 Å². The molecule has 1 aromatic carbocycles. The summed E-state index contributed by atoms with van der Waals surface area (Å²) in [6.45, 7) is 0.575. The number of nitrogens with zero attached hydrogens (tertiary/aromatic N) is 1. The van der Waals surface area contributed by atoms with Crippen molar-refractivity contribution < 1.29 is 13.9 Å². The van der Waals surface area contributed by atoms with Crippen molar-refractivity contribution in [2.45, 2.75) is 12.6 Å². The first-order chi connectivity index (χ1) is 9.16. The number of aliphatic hydroxyl groups excluding tert-OH is 1. The van der Waals surface area contributed by atoms with Crippen molar-refractivity contribution >= 4 is 0 Å². The highest BCUT2D eigenvalue weighted by molar-refractivity contribution is 5.21. The zero-order chi connectivity index (χ0) is 13.7. The first-order valence-electron chi connectivity index (χ1n) is 5.90. The molecule has 3 nitrogen and oxygen atoms in total. The summed E-state index contributed by atoms with van der Waals surface area (Å²) in [4.78, 5) is 4.10. The lowest BCUT2D eigenvalue weighted by Gasteiger charge is -2.13. The van der Waals surface area contributed by atoms with Gasteiger partial charge in [0.2, 0.25) is 0 Å². The Kier molecular flexibility index (Phi) is 4.54. The van der Waals surface area contributed by atoms with Gasteiger partial charge in [-0.3, -0.25) is 4.98 Å². The average Bonchev–Trinajstić information content (AvgIpc) is 2.42. The summed E-state index contributed by atoms with van der Waals surface area (Å²) in [6, 6.07) is 8.53. The molecule has 0 saturated carbocycles. The van der Waals surface area contributed by atoms with Gasteiger partial charge >= 0.3 is 0 Å². The van der Waals surface area contributed by atoms with Gasteiger partial charge in [-0.2, -0.15) is 0 Å². The zero-order valence-corrected chi connectivity index (χ0v) is 10.2. The van der Waals surface area contributed by atoms with Gasteiger partial charge in [-0.15, -0.1) is 0 Å². The molecule has 5 heteroatoms. The van der Waals surface area contributed by atoms with Crippen molar-refractivity contribution in [2.24, 2.45) is 0 Å². The molecule has 1 unspecified atom stereocenters. The molecule has 0 spiro atoms. The van der Waals surface area contributed by atoms with E-state index in [0.717, 1.165) is 23.9 Å². The molecule has 0 aliphatic rings. The van der Waals surface area contributed by atoms with Crippen molar-refractivity contribution in [1.82, 2.24) is 10.3 Å². The number of nitrogens with one attached hydrogen (secondary N) is 1. The van der Waals surface area contributed by atoms with Gasteiger partial charge in [-0.05, 0) is 30.3 Å². The predicted octanol–water partition coefficient (Wildman–Crippen LogP) is 2.18. The van der Waals surface area contributed by atoms with Crippen LogP contribution in [0.1, 0.15) is 17.4 Å². The number of aliphatic hydroxyl groups is 1. The van der Waals surface area contributed by atoms with Crippen LogP contribution in [0.5, 0.6) is 0 Å². The van der Waals surface area contributed by atoms with Gasteiger partial charge in [0.15, 0.2) is 0 Å². The number of halogens is 2. The van der Waals surface area contributed by atoms with E-state index in [1.165, 1.54) is 0 Å². The van der Waals surface area contributed by atoms with Crippen molar-refractivity contribution in [3.63, 3.8) is 0 Å². The minimum absolute atomic E-state index is 0.0477. The second-order valence-electron chi connectivity index (χ2n) is 4.13. The van der Waals surface area contributed by atoms with E-state index < -0.39 is 17.7 Å². The topological polar surface area (TPSA) is 45.1 Å². The van der Waals surface area contributed by atoms with Crippen molar-refractivity contribution in [3.05, 3.63) is 65.5 Å². The average molecular weight is 264 g/mol. The van der Waals surface area contributed by atoms with Gasteiger partial charge in [-0.1, -0.05) is 6.07 Å². The van der Waals surface area contributed by atoms with E-state index in [0.29, 0.717) is 6.54 Å². The fourth-order valence-corrected chi connectivity index (χ4v) is 1.72. The molecule has 0 aliphatic carbocycles. The molecular formula is C14H14F2N2O. The van der Waals surface area contributed by atoms with Crippen LogP contribution < -0.4 is 5.32 Å². The largest absolute Gasteiger partial charge is 0.387 e. The summed E-state index contributed by atoms with van der Waals surface area (Å²) >= 11 is 0. The van der Waals surface area contributed by atoms with Gasteiger partial charge in [-0.25, -0.2) is 8.78 Å². The van der Waals surface area contributed by atoms with Crippen LogP contribution in [0, 0.1) is 11.6 Å². The van der Waals surface area contributed by atoms with Gasteiger partial charge < -0.3 is 10.4 Å². The number of hydrogen-bond donors (Lipinski definition) is 2. The van der Waals surface area contributed by atoms with Crippen LogP contribution >= 0.6 is 0 Å². The number of aromatic nitrogens is 1. The van der Waals surface area contributed by atoms with Crippen molar-refractivity contribution in [1.29, 1.82) is 0 Å².